The summed E-state index contributed by atoms with van der Waals surface area (Å²) in [6.45, 7) is 2.22. The molecule has 2 aromatic heterocycles. The fraction of sp³-hybridized carbons (Fsp3) is 0.294. The topological polar surface area (TPSA) is 54.9 Å². The lowest BCUT2D eigenvalue weighted by Crippen LogP contribution is -2.33. The standard InChI is InChI=1S/C17H15ClN2O2S/c1-9-5-6-12-13(7-9)23-15-14(12)16(21)20(17(22)19-15)11-4-2-3-10(18)8-11/h2-4,8-9H,5-7H2,1H3,(H,19,22)/t9-/m0/s1. The van der Waals surface area contributed by atoms with E-state index in [2.05, 4.69) is 11.9 Å². The summed E-state index contributed by atoms with van der Waals surface area (Å²) in [4.78, 5) is 30.2. The Bertz CT molecular complexity index is 1030. The molecule has 0 spiro atoms. The minimum Gasteiger partial charge on any atom is -0.298 e. The molecule has 118 valence electrons. The van der Waals surface area contributed by atoms with Crippen molar-refractivity contribution in [1.82, 2.24) is 9.55 Å². The van der Waals surface area contributed by atoms with Gasteiger partial charge < -0.3 is 0 Å². The van der Waals surface area contributed by atoms with Crippen LogP contribution in [0.25, 0.3) is 15.9 Å². The number of rotatable bonds is 1. The van der Waals surface area contributed by atoms with Gasteiger partial charge in [-0.2, -0.15) is 0 Å². The molecule has 1 aromatic carbocycles. The average molecular weight is 347 g/mol. The molecule has 2 heterocycles. The van der Waals surface area contributed by atoms with Crippen molar-refractivity contribution in [3.63, 3.8) is 0 Å². The number of fused-ring (bicyclic) bond motifs is 3. The number of aromatic nitrogens is 2. The maximum Gasteiger partial charge on any atom is 0.334 e. The summed E-state index contributed by atoms with van der Waals surface area (Å²) in [6.07, 6.45) is 2.95. The van der Waals surface area contributed by atoms with Gasteiger partial charge in [0.25, 0.3) is 5.56 Å². The van der Waals surface area contributed by atoms with E-state index in [0.717, 1.165) is 24.8 Å². The zero-order valence-electron chi connectivity index (χ0n) is 12.6. The van der Waals surface area contributed by atoms with Crippen LogP contribution in [0.5, 0.6) is 0 Å². The lowest BCUT2D eigenvalue weighted by atomic mass is 9.89. The summed E-state index contributed by atoms with van der Waals surface area (Å²) in [5.41, 5.74) is 0.935. The molecule has 6 heteroatoms. The summed E-state index contributed by atoms with van der Waals surface area (Å²) in [6, 6.07) is 6.80. The molecule has 0 saturated heterocycles. The van der Waals surface area contributed by atoms with Crippen LogP contribution in [0.1, 0.15) is 23.8 Å². The number of nitrogens with zero attached hydrogens (tertiary/aromatic N) is 1. The van der Waals surface area contributed by atoms with E-state index in [4.69, 9.17) is 11.6 Å². The Morgan fingerprint density at radius 2 is 2.17 bits per heavy atom. The molecule has 0 bridgehead atoms. The van der Waals surface area contributed by atoms with Crippen molar-refractivity contribution < 1.29 is 0 Å². The normalized spacial score (nSPS) is 17.4. The number of aryl methyl sites for hydroxylation is 1. The van der Waals surface area contributed by atoms with Crippen LogP contribution in [-0.2, 0) is 12.8 Å². The fourth-order valence-corrected chi connectivity index (χ4v) is 4.85. The van der Waals surface area contributed by atoms with Crippen molar-refractivity contribution in [2.24, 2.45) is 5.92 Å². The Morgan fingerprint density at radius 1 is 1.35 bits per heavy atom. The van der Waals surface area contributed by atoms with Crippen LogP contribution in [0, 0.1) is 5.92 Å². The summed E-state index contributed by atoms with van der Waals surface area (Å²) in [7, 11) is 0. The van der Waals surface area contributed by atoms with Crippen LogP contribution in [0.4, 0.5) is 0 Å². The highest BCUT2D eigenvalue weighted by atomic mass is 35.5. The molecule has 1 aliphatic carbocycles. The van der Waals surface area contributed by atoms with Crippen molar-refractivity contribution in [2.75, 3.05) is 0 Å². The maximum absolute atomic E-state index is 13.0. The van der Waals surface area contributed by atoms with Gasteiger partial charge >= 0.3 is 5.69 Å². The highest BCUT2D eigenvalue weighted by molar-refractivity contribution is 7.18. The summed E-state index contributed by atoms with van der Waals surface area (Å²) >= 11 is 7.55. The molecule has 0 unspecified atom stereocenters. The monoisotopic (exact) mass is 346 g/mol. The molecule has 1 aliphatic rings. The van der Waals surface area contributed by atoms with Crippen LogP contribution in [0.3, 0.4) is 0 Å². The summed E-state index contributed by atoms with van der Waals surface area (Å²) in [5.74, 6) is 0.623. The first-order valence-corrected chi connectivity index (χ1v) is 8.79. The second kappa shape index (κ2) is 5.35. The minimum absolute atomic E-state index is 0.252. The Kier molecular flexibility index (Phi) is 3.43. The third kappa shape index (κ3) is 2.35. The van der Waals surface area contributed by atoms with Crippen LogP contribution >= 0.6 is 22.9 Å². The van der Waals surface area contributed by atoms with Gasteiger partial charge in [-0.25, -0.2) is 9.36 Å². The molecule has 1 N–H and O–H groups in total. The fourth-order valence-electron chi connectivity index (χ4n) is 3.27. The maximum atomic E-state index is 13.0. The van der Waals surface area contributed by atoms with E-state index in [0.29, 0.717) is 26.8 Å². The number of hydrogen-bond acceptors (Lipinski definition) is 3. The smallest absolute Gasteiger partial charge is 0.298 e. The van der Waals surface area contributed by atoms with Gasteiger partial charge in [0, 0.05) is 9.90 Å². The lowest BCUT2D eigenvalue weighted by molar-refractivity contribution is 0.509. The number of thiophene rings is 1. The number of benzene rings is 1. The van der Waals surface area contributed by atoms with Crippen molar-refractivity contribution in [2.45, 2.75) is 26.2 Å². The van der Waals surface area contributed by atoms with Crippen molar-refractivity contribution in [3.05, 3.63) is 60.6 Å². The molecular weight excluding hydrogens is 332 g/mol. The third-order valence-electron chi connectivity index (χ3n) is 4.42. The van der Waals surface area contributed by atoms with Gasteiger partial charge in [0.2, 0.25) is 0 Å². The number of hydrogen-bond donors (Lipinski definition) is 1. The van der Waals surface area contributed by atoms with Crippen LogP contribution in [0.2, 0.25) is 5.02 Å². The highest BCUT2D eigenvalue weighted by Gasteiger charge is 2.24. The quantitative estimate of drug-likeness (QED) is 0.733. The first kappa shape index (κ1) is 14.7. The van der Waals surface area contributed by atoms with E-state index in [-0.39, 0.29) is 5.56 Å². The van der Waals surface area contributed by atoms with Crippen molar-refractivity contribution in [3.8, 4) is 5.69 Å². The first-order chi connectivity index (χ1) is 11.0. The van der Waals surface area contributed by atoms with Crippen molar-refractivity contribution >= 4 is 33.2 Å². The summed E-state index contributed by atoms with van der Waals surface area (Å²) in [5, 5.41) is 1.16. The zero-order valence-corrected chi connectivity index (χ0v) is 14.1. The number of nitrogens with one attached hydrogen (secondary N) is 1. The molecule has 4 nitrogen and oxygen atoms in total. The number of aromatic amines is 1. The second-order valence-corrected chi connectivity index (χ2v) is 7.65. The Hall–Kier alpha value is -1.85. The molecule has 23 heavy (non-hydrogen) atoms. The van der Waals surface area contributed by atoms with Gasteiger partial charge in [-0.1, -0.05) is 24.6 Å². The van der Waals surface area contributed by atoms with Gasteiger partial charge in [0.1, 0.15) is 4.83 Å². The van der Waals surface area contributed by atoms with E-state index in [1.807, 2.05) is 0 Å². The Balaban J connectivity index is 2.04. The predicted octanol–water partition coefficient (Wildman–Crippen LogP) is 3.52. The number of H-pyrrole nitrogens is 1. The van der Waals surface area contributed by atoms with Crippen LogP contribution in [0.15, 0.2) is 33.9 Å². The molecule has 0 radical (unpaired) electrons. The van der Waals surface area contributed by atoms with E-state index >= 15 is 0 Å². The molecule has 1 atom stereocenters. The van der Waals surface area contributed by atoms with Gasteiger partial charge in [-0.15, -0.1) is 11.3 Å². The predicted molar refractivity (Wildman–Crippen MR) is 94.2 cm³/mol. The van der Waals surface area contributed by atoms with E-state index in [1.54, 1.807) is 35.6 Å². The molecular formula is C17H15ClN2O2S. The Morgan fingerprint density at radius 3 is 2.96 bits per heavy atom. The molecule has 0 amide bonds. The molecule has 0 saturated carbocycles. The minimum atomic E-state index is -0.420. The zero-order chi connectivity index (χ0) is 16.1. The van der Waals surface area contributed by atoms with Crippen LogP contribution < -0.4 is 11.2 Å². The van der Waals surface area contributed by atoms with E-state index in [9.17, 15) is 9.59 Å². The average Bonchev–Trinajstić information content (AvgIpc) is 2.84. The first-order valence-electron chi connectivity index (χ1n) is 7.60. The van der Waals surface area contributed by atoms with E-state index in [1.165, 1.54) is 9.44 Å². The number of halogens is 1. The second-order valence-electron chi connectivity index (χ2n) is 6.11. The highest BCUT2D eigenvalue weighted by Crippen LogP contribution is 2.35. The van der Waals surface area contributed by atoms with Gasteiger partial charge in [-0.3, -0.25) is 9.78 Å². The van der Waals surface area contributed by atoms with E-state index < -0.39 is 5.69 Å². The Labute approximate surface area is 141 Å². The lowest BCUT2D eigenvalue weighted by Gasteiger charge is -2.17. The summed E-state index contributed by atoms with van der Waals surface area (Å²) < 4.78 is 1.18. The third-order valence-corrected chi connectivity index (χ3v) is 5.82. The SMILES string of the molecule is C[C@H]1CCc2c(sc3[nH]c(=O)n(-c4cccc(Cl)c4)c(=O)c23)C1. The van der Waals surface area contributed by atoms with Crippen molar-refractivity contribution in [1.29, 1.82) is 0 Å². The molecule has 0 fully saturated rings. The molecule has 0 aliphatic heterocycles. The molecule has 4 rings (SSSR count). The van der Waals surface area contributed by atoms with Gasteiger partial charge in [0.05, 0.1) is 11.1 Å². The largest absolute Gasteiger partial charge is 0.334 e. The molecule has 3 aromatic rings. The van der Waals surface area contributed by atoms with Crippen LogP contribution in [-0.4, -0.2) is 9.55 Å². The van der Waals surface area contributed by atoms with Gasteiger partial charge in [0.15, 0.2) is 0 Å². The van der Waals surface area contributed by atoms with Gasteiger partial charge in [-0.05, 0) is 48.9 Å².